The Hall–Kier alpha value is -1.26. The van der Waals surface area contributed by atoms with Gasteiger partial charge in [-0.1, -0.05) is 18.5 Å². The standard InChI is InChI=1S/C13H19ClN2O2/c1-3-7-15-9-13(17)16-11-8-10(14)5-6-12(11)18-4-2/h5-6,8,15H,3-4,7,9H2,1-2H3,(H,16,17). The second kappa shape index (κ2) is 7.95. The predicted octanol–water partition coefficient (Wildman–Crippen LogP) is 2.68. The molecule has 4 nitrogen and oxygen atoms in total. The van der Waals surface area contributed by atoms with Crippen molar-refractivity contribution in [1.29, 1.82) is 0 Å². The van der Waals surface area contributed by atoms with Crippen LogP contribution in [0.25, 0.3) is 0 Å². The third-order valence-electron chi connectivity index (χ3n) is 2.23. The van der Waals surface area contributed by atoms with Gasteiger partial charge in [-0.15, -0.1) is 0 Å². The maximum atomic E-state index is 11.7. The molecule has 1 aromatic carbocycles. The molecule has 0 atom stereocenters. The normalized spacial score (nSPS) is 10.2. The lowest BCUT2D eigenvalue weighted by Crippen LogP contribution is -2.28. The van der Waals surface area contributed by atoms with Crippen LogP contribution < -0.4 is 15.4 Å². The number of anilines is 1. The van der Waals surface area contributed by atoms with E-state index >= 15 is 0 Å². The van der Waals surface area contributed by atoms with Gasteiger partial charge in [0, 0.05) is 5.02 Å². The van der Waals surface area contributed by atoms with Gasteiger partial charge in [0.1, 0.15) is 5.75 Å². The van der Waals surface area contributed by atoms with E-state index in [2.05, 4.69) is 17.6 Å². The Bertz CT molecular complexity index is 397. The molecule has 5 heteroatoms. The van der Waals surface area contributed by atoms with Crippen LogP contribution in [-0.2, 0) is 4.79 Å². The molecule has 0 aromatic heterocycles. The number of rotatable bonds is 7. The minimum atomic E-state index is -0.105. The Labute approximate surface area is 113 Å². The molecule has 0 saturated carbocycles. The van der Waals surface area contributed by atoms with Crippen molar-refractivity contribution in [3.8, 4) is 5.75 Å². The molecule has 0 saturated heterocycles. The van der Waals surface area contributed by atoms with Gasteiger partial charge >= 0.3 is 0 Å². The van der Waals surface area contributed by atoms with Crippen LogP contribution >= 0.6 is 11.6 Å². The van der Waals surface area contributed by atoms with Crippen LogP contribution in [0.15, 0.2) is 18.2 Å². The lowest BCUT2D eigenvalue weighted by Gasteiger charge is -2.12. The second-order valence-electron chi connectivity index (χ2n) is 3.80. The van der Waals surface area contributed by atoms with Gasteiger partial charge in [0.05, 0.1) is 18.8 Å². The van der Waals surface area contributed by atoms with Crippen molar-refractivity contribution in [2.24, 2.45) is 0 Å². The predicted molar refractivity (Wildman–Crippen MR) is 74.4 cm³/mol. The number of nitrogens with one attached hydrogen (secondary N) is 2. The molecule has 1 rings (SSSR count). The van der Waals surface area contributed by atoms with Gasteiger partial charge in [-0.25, -0.2) is 0 Å². The maximum Gasteiger partial charge on any atom is 0.238 e. The van der Waals surface area contributed by atoms with Gasteiger partial charge in [-0.3, -0.25) is 4.79 Å². The largest absolute Gasteiger partial charge is 0.492 e. The first kappa shape index (κ1) is 14.8. The fraction of sp³-hybridized carbons (Fsp3) is 0.462. The van der Waals surface area contributed by atoms with Crippen LogP contribution in [0.2, 0.25) is 5.02 Å². The molecule has 0 spiro atoms. The van der Waals surface area contributed by atoms with Gasteiger partial charge in [0.2, 0.25) is 5.91 Å². The van der Waals surface area contributed by atoms with E-state index in [0.717, 1.165) is 13.0 Å². The van der Waals surface area contributed by atoms with Crippen LogP contribution in [0.3, 0.4) is 0 Å². The first-order chi connectivity index (χ1) is 8.67. The van der Waals surface area contributed by atoms with Crippen molar-refractivity contribution >= 4 is 23.2 Å². The van der Waals surface area contributed by atoms with Crippen molar-refractivity contribution in [1.82, 2.24) is 5.32 Å². The number of halogens is 1. The fourth-order valence-electron chi connectivity index (χ4n) is 1.45. The summed E-state index contributed by atoms with van der Waals surface area (Å²) in [7, 11) is 0. The third-order valence-corrected chi connectivity index (χ3v) is 2.46. The number of hydrogen-bond donors (Lipinski definition) is 2. The Morgan fingerprint density at radius 1 is 1.39 bits per heavy atom. The zero-order valence-electron chi connectivity index (χ0n) is 10.8. The maximum absolute atomic E-state index is 11.7. The molecule has 1 aromatic rings. The molecule has 0 unspecified atom stereocenters. The van der Waals surface area contributed by atoms with Crippen LogP contribution in [0.1, 0.15) is 20.3 Å². The van der Waals surface area contributed by atoms with Crippen LogP contribution in [0.5, 0.6) is 5.75 Å². The summed E-state index contributed by atoms with van der Waals surface area (Å²) >= 11 is 5.90. The molecule has 2 N–H and O–H groups in total. The van der Waals surface area contributed by atoms with Crippen molar-refractivity contribution < 1.29 is 9.53 Å². The Balaban J connectivity index is 2.63. The molecule has 0 aliphatic rings. The number of benzene rings is 1. The van der Waals surface area contributed by atoms with E-state index in [0.29, 0.717) is 23.1 Å². The van der Waals surface area contributed by atoms with E-state index in [9.17, 15) is 4.79 Å². The summed E-state index contributed by atoms with van der Waals surface area (Å²) in [6.45, 7) is 5.59. The second-order valence-corrected chi connectivity index (χ2v) is 4.23. The summed E-state index contributed by atoms with van der Waals surface area (Å²) in [5.41, 5.74) is 0.604. The molecule has 100 valence electrons. The summed E-state index contributed by atoms with van der Waals surface area (Å²) in [4.78, 5) is 11.7. The fourth-order valence-corrected chi connectivity index (χ4v) is 1.63. The molecule has 0 aliphatic heterocycles. The minimum Gasteiger partial charge on any atom is -0.492 e. The van der Waals surface area contributed by atoms with Gasteiger partial charge in [0.15, 0.2) is 0 Å². The van der Waals surface area contributed by atoms with Crippen molar-refractivity contribution in [2.45, 2.75) is 20.3 Å². The minimum absolute atomic E-state index is 0.105. The zero-order valence-corrected chi connectivity index (χ0v) is 11.5. The first-order valence-corrected chi connectivity index (χ1v) is 6.48. The highest BCUT2D eigenvalue weighted by Crippen LogP contribution is 2.27. The van der Waals surface area contributed by atoms with E-state index < -0.39 is 0 Å². The summed E-state index contributed by atoms with van der Waals surface area (Å²) in [5, 5.41) is 6.38. The van der Waals surface area contributed by atoms with Gasteiger partial charge in [-0.05, 0) is 38.1 Å². The quantitative estimate of drug-likeness (QED) is 0.749. The topological polar surface area (TPSA) is 50.4 Å². The third kappa shape index (κ3) is 4.94. The van der Waals surface area contributed by atoms with E-state index in [-0.39, 0.29) is 12.5 Å². The Morgan fingerprint density at radius 2 is 2.17 bits per heavy atom. The highest BCUT2D eigenvalue weighted by molar-refractivity contribution is 6.31. The average molecular weight is 271 g/mol. The number of ether oxygens (including phenoxy) is 1. The molecule has 0 heterocycles. The lowest BCUT2D eigenvalue weighted by molar-refractivity contribution is -0.115. The Morgan fingerprint density at radius 3 is 2.83 bits per heavy atom. The molecule has 18 heavy (non-hydrogen) atoms. The van der Waals surface area contributed by atoms with Crippen molar-refractivity contribution in [3.63, 3.8) is 0 Å². The number of carbonyl (C=O) groups excluding carboxylic acids is 1. The summed E-state index contributed by atoms with van der Waals surface area (Å²) in [5.74, 6) is 0.525. The Kier molecular flexibility index (Phi) is 6.54. The summed E-state index contributed by atoms with van der Waals surface area (Å²) in [6, 6.07) is 5.17. The first-order valence-electron chi connectivity index (χ1n) is 6.10. The smallest absolute Gasteiger partial charge is 0.238 e. The molecule has 1 amide bonds. The van der Waals surface area contributed by atoms with Gasteiger partial charge in [-0.2, -0.15) is 0 Å². The lowest BCUT2D eigenvalue weighted by atomic mass is 10.3. The molecule has 0 radical (unpaired) electrons. The van der Waals surface area contributed by atoms with E-state index in [1.54, 1.807) is 18.2 Å². The molecular weight excluding hydrogens is 252 g/mol. The van der Waals surface area contributed by atoms with E-state index in [1.165, 1.54) is 0 Å². The van der Waals surface area contributed by atoms with Crippen LogP contribution in [0.4, 0.5) is 5.69 Å². The number of carbonyl (C=O) groups is 1. The SMILES string of the molecule is CCCNCC(=O)Nc1cc(Cl)ccc1OCC. The van der Waals surface area contributed by atoms with Crippen LogP contribution in [0, 0.1) is 0 Å². The van der Waals surface area contributed by atoms with Gasteiger partial charge in [0.25, 0.3) is 0 Å². The van der Waals surface area contributed by atoms with E-state index in [4.69, 9.17) is 16.3 Å². The zero-order chi connectivity index (χ0) is 13.4. The van der Waals surface area contributed by atoms with Crippen molar-refractivity contribution in [3.05, 3.63) is 23.2 Å². The number of hydrogen-bond acceptors (Lipinski definition) is 3. The van der Waals surface area contributed by atoms with Gasteiger partial charge < -0.3 is 15.4 Å². The monoisotopic (exact) mass is 270 g/mol. The van der Waals surface area contributed by atoms with E-state index in [1.807, 2.05) is 6.92 Å². The van der Waals surface area contributed by atoms with Crippen LogP contribution in [-0.4, -0.2) is 25.6 Å². The summed E-state index contributed by atoms with van der Waals surface area (Å²) in [6.07, 6.45) is 0.995. The average Bonchev–Trinajstić information content (AvgIpc) is 2.33. The highest BCUT2D eigenvalue weighted by Gasteiger charge is 2.08. The van der Waals surface area contributed by atoms with Crippen molar-refractivity contribution in [2.75, 3.05) is 25.0 Å². The summed E-state index contributed by atoms with van der Waals surface area (Å²) < 4.78 is 5.42. The molecule has 0 aliphatic carbocycles. The molecular formula is C13H19ClN2O2. The highest BCUT2D eigenvalue weighted by atomic mass is 35.5. The molecule has 0 bridgehead atoms. The molecule has 0 fully saturated rings. The number of amides is 1.